The molecule has 2 rings (SSSR count). The lowest BCUT2D eigenvalue weighted by molar-refractivity contribution is -0.141. The normalized spacial score (nSPS) is 33.7. The standard InChI is InChI=1S/2C6H11NO3/c2*8-4-1-2-5(6(9)10)7-3-4/h2*4-5,7-8H,1-3H2,(H,9,10)/t2*4-,5-/m10/s1. The van der Waals surface area contributed by atoms with Gasteiger partial charge in [-0.25, -0.2) is 0 Å². The number of carboxylic acids is 2. The molecule has 2 aliphatic rings. The van der Waals surface area contributed by atoms with Crippen molar-refractivity contribution in [1.29, 1.82) is 0 Å². The number of nitrogens with one attached hydrogen (secondary N) is 2. The molecule has 2 aliphatic heterocycles. The van der Waals surface area contributed by atoms with E-state index in [4.69, 9.17) is 20.4 Å². The molecule has 0 radical (unpaired) electrons. The summed E-state index contributed by atoms with van der Waals surface area (Å²) in [5.41, 5.74) is 0. The van der Waals surface area contributed by atoms with Crippen molar-refractivity contribution in [2.45, 2.75) is 50.0 Å². The highest BCUT2D eigenvalue weighted by molar-refractivity contribution is 5.73. The maximum Gasteiger partial charge on any atom is 0.320 e. The van der Waals surface area contributed by atoms with E-state index >= 15 is 0 Å². The summed E-state index contributed by atoms with van der Waals surface area (Å²) in [4.78, 5) is 20.6. The number of hydrogen-bond donors (Lipinski definition) is 6. The maximum absolute atomic E-state index is 10.3. The summed E-state index contributed by atoms with van der Waals surface area (Å²) in [6.07, 6.45) is 1.49. The number of aliphatic hydroxyl groups excluding tert-OH is 2. The molecule has 6 N–H and O–H groups in total. The molecule has 0 spiro atoms. The van der Waals surface area contributed by atoms with E-state index in [9.17, 15) is 9.59 Å². The van der Waals surface area contributed by atoms with E-state index in [1.54, 1.807) is 0 Å². The van der Waals surface area contributed by atoms with Crippen LogP contribution in [0.15, 0.2) is 0 Å². The number of carbonyl (C=O) groups is 2. The Morgan fingerprint density at radius 1 is 0.750 bits per heavy atom. The third-order valence-corrected chi connectivity index (χ3v) is 3.37. The van der Waals surface area contributed by atoms with Gasteiger partial charge in [0.1, 0.15) is 12.1 Å². The van der Waals surface area contributed by atoms with E-state index in [1.807, 2.05) is 0 Å². The number of aliphatic hydroxyl groups is 2. The van der Waals surface area contributed by atoms with Crippen LogP contribution in [0.1, 0.15) is 25.7 Å². The minimum Gasteiger partial charge on any atom is -0.480 e. The van der Waals surface area contributed by atoms with Gasteiger partial charge in [0, 0.05) is 13.1 Å². The first kappa shape index (κ1) is 16.8. The molecule has 0 aromatic heterocycles. The van der Waals surface area contributed by atoms with Gasteiger partial charge in [-0.15, -0.1) is 0 Å². The summed E-state index contributed by atoms with van der Waals surface area (Å²) in [5.74, 6) is -1.65. The van der Waals surface area contributed by atoms with Gasteiger partial charge in [-0.2, -0.15) is 0 Å². The number of piperidine rings is 2. The largest absolute Gasteiger partial charge is 0.480 e. The summed E-state index contributed by atoms with van der Waals surface area (Å²) < 4.78 is 0. The van der Waals surface area contributed by atoms with E-state index in [2.05, 4.69) is 10.6 Å². The molecule has 0 bridgehead atoms. The number of hydrogen-bond acceptors (Lipinski definition) is 6. The van der Waals surface area contributed by atoms with E-state index in [1.165, 1.54) is 0 Å². The maximum atomic E-state index is 10.3. The second-order valence-corrected chi connectivity index (χ2v) is 5.06. The first-order valence-electron chi connectivity index (χ1n) is 6.68. The Labute approximate surface area is 116 Å². The van der Waals surface area contributed by atoms with E-state index in [0.29, 0.717) is 38.8 Å². The minimum absolute atomic E-state index is 0.365. The van der Waals surface area contributed by atoms with Crippen molar-refractivity contribution in [3.05, 3.63) is 0 Å². The predicted molar refractivity (Wildman–Crippen MR) is 69.3 cm³/mol. The van der Waals surface area contributed by atoms with Crippen LogP contribution in [0, 0.1) is 0 Å². The number of aliphatic carboxylic acids is 2. The summed E-state index contributed by atoms with van der Waals surface area (Å²) in [6, 6.07) is -0.910. The summed E-state index contributed by atoms with van der Waals surface area (Å²) in [7, 11) is 0. The monoisotopic (exact) mass is 290 g/mol. The van der Waals surface area contributed by atoms with Crippen LogP contribution in [0.25, 0.3) is 0 Å². The molecule has 0 aromatic rings. The summed E-state index contributed by atoms with van der Waals surface area (Å²) in [6.45, 7) is 0.800. The Morgan fingerprint density at radius 2 is 1.10 bits per heavy atom. The van der Waals surface area contributed by atoms with Crippen molar-refractivity contribution >= 4 is 11.9 Å². The molecule has 2 saturated heterocycles. The third kappa shape index (κ3) is 5.83. The molecular weight excluding hydrogens is 268 g/mol. The van der Waals surface area contributed by atoms with E-state index < -0.39 is 24.0 Å². The zero-order chi connectivity index (χ0) is 15.1. The molecule has 2 fully saturated rings. The molecule has 8 nitrogen and oxygen atoms in total. The van der Waals surface area contributed by atoms with Crippen molar-refractivity contribution in [3.8, 4) is 0 Å². The summed E-state index contributed by atoms with van der Waals surface area (Å²) in [5, 5.41) is 40.3. The number of rotatable bonds is 2. The lowest BCUT2D eigenvalue weighted by Gasteiger charge is -2.23. The molecule has 0 saturated carbocycles. The zero-order valence-corrected chi connectivity index (χ0v) is 11.2. The smallest absolute Gasteiger partial charge is 0.320 e. The topological polar surface area (TPSA) is 139 Å². The molecule has 0 unspecified atom stereocenters. The van der Waals surface area contributed by atoms with Crippen molar-refractivity contribution in [2.24, 2.45) is 0 Å². The fourth-order valence-corrected chi connectivity index (χ4v) is 2.10. The van der Waals surface area contributed by atoms with Gasteiger partial charge in [0.2, 0.25) is 0 Å². The number of β-amino-alcohol motifs (C(OH)–C–C–N with tert-alkyl or cyclic N) is 2. The Bertz CT molecular complexity index is 290. The van der Waals surface area contributed by atoms with Gasteiger partial charge < -0.3 is 31.1 Å². The second-order valence-electron chi connectivity index (χ2n) is 5.06. The fraction of sp³-hybridized carbons (Fsp3) is 0.833. The van der Waals surface area contributed by atoms with Crippen LogP contribution in [0.3, 0.4) is 0 Å². The third-order valence-electron chi connectivity index (χ3n) is 3.37. The van der Waals surface area contributed by atoms with Gasteiger partial charge in [0.15, 0.2) is 0 Å². The second kappa shape index (κ2) is 8.15. The van der Waals surface area contributed by atoms with Gasteiger partial charge in [0.25, 0.3) is 0 Å². The zero-order valence-electron chi connectivity index (χ0n) is 11.2. The Hall–Kier alpha value is -1.22. The molecule has 0 amide bonds. The first-order chi connectivity index (χ1) is 9.40. The number of carboxylic acid groups (broad SMARTS) is 2. The van der Waals surface area contributed by atoms with Crippen LogP contribution in [-0.2, 0) is 9.59 Å². The van der Waals surface area contributed by atoms with Crippen LogP contribution >= 0.6 is 0 Å². The van der Waals surface area contributed by atoms with Crippen LogP contribution < -0.4 is 10.6 Å². The first-order valence-corrected chi connectivity index (χ1v) is 6.68. The van der Waals surface area contributed by atoms with Crippen molar-refractivity contribution in [1.82, 2.24) is 10.6 Å². The van der Waals surface area contributed by atoms with E-state index in [0.717, 1.165) is 0 Å². The average molecular weight is 290 g/mol. The van der Waals surface area contributed by atoms with Crippen molar-refractivity contribution in [2.75, 3.05) is 13.1 Å². The van der Waals surface area contributed by atoms with Gasteiger partial charge in [-0.05, 0) is 25.7 Å². The lowest BCUT2D eigenvalue weighted by Crippen LogP contribution is -2.45. The van der Waals surface area contributed by atoms with Gasteiger partial charge >= 0.3 is 11.9 Å². The van der Waals surface area contributed by atoms with Crippen LogP contribution in [0.2, 0.25) is 0 Å². The fourth-order valence-electron chi connectivity index (χ4n) is 2.10. The van der Waals surface area contributed by atoms with Gasteiger partial charge in [-0.1, -0.05) is 0 Å². The van der Waals surface area contributed by atoms with E-state index in [-0.39, 0.29) is 12.2 Å². The highest BCUT2D eigenvalue weighted by atomic mass is 16.4. The summed E-state index contributed by atoms with van der Waals surface area (Å²) >= 11 is 0. The van der Waals surface area contributed by atoms with Crippen molar-refractivity contribution in [3.63, 3.8) is 0 Å². The Morgan fingerprint density at radius 3 is 1.30 bits per heavy atom. The highest BCUT2D eigenvalue weighted by Gasteiger charge is 2.24. The molecule has 4 atom stereocenters. The lowest BCUT2D eigenvalue weighted by atomic mass is 10.0. The Kier molecular flexibility index (Phi) is 6.86. The highest BCUT2D eigenvalue weighted by Crippen LogP contribution is 2.07. The quantitative estimate of drug-likeness (QED) is 0.356. The molecule has 2 heterocycles. The molecule has 0 aliphatic carbocycles. The molecular formula is C12H22N2O6. The van der Waals surface area contributed by atoms with Gasteiger partial charge in [-0.3, -0.25) is 9.59 Å². The predicted octanol–water partition coefficient (Wildman–Crippen LogP) is -1.63. The molecule has 116 valence electrons. The average Bonchev–Trinajstić information content (AvgIpc) is 2.40. The van der Waals surface area contributed by atoms with Crippen molar-refractivity contribution < 1.29 is 30.0 Å². The minimum atomic E-state index is -0.827. The molecule has 20 heavy (non-hydrogen) atoms. The van der Waals surface area contributed by atoms with Crippen LogP contribution in [-0.4, -0.2) is 69.7 Å². The molecule has 0 aromatic carbocycles. The molecule has 8 heteroatoms. The van der Waals surface area contributed by atoms with Gasteiger partial charge in [0.05, 0.1) is 12.2 Å². The SMILES string of the molecule is O=C(O)[C@@H]1CC[C@H](O)CN1.O=C(O)[C@H]1CC[C@@H](O)CN1. The van der Waals surface area contributed by atoms with Crippen LogP contribution in [0.4, 0.5) is 0 Å². The van der Waals surface area contributed by atoms with Crippen LogP contribution in [0.5, 0.6) is 0 Å². The Balaban J connectivity index is 0.000000200.